The first-order valence-electron chi connectivity index (χ1n) is 5.37. The Morgan fingerprint density at radius 2 is 1.83 bits per heavy atom. The van der Waals surface area contributed by atoms with E-state index in [-0.39, 0.29) is 0 Å². The highest BCUT2D eigenvalue weighted by Gasteiger charge is 2.11. The Kier molecular flexibility index (Phi) is 3.67. The largest absolute Gasteiger partial charge is 0.496 e. The third-order valence-electron chi connectivity index (χ3n) is 2.44. The smallest absolute Gasteiger partial charge is 0.216 e. The third-order valence-corrected chi connectivity index (χ3v) is 2.68. The molecule has 0 N–H and O–H groups in total. The van der Waals surface area contributed by atoms with Gasteiger partial charge in [-0.05, 0) is 25.1 Å². The second kappa shape index (κ2) is 5.23. The molecule has 0 saturated carbocycles. The average molecular weight is 265 g/mol. The highest BCUT2D eigenvalue weighted by atomic mass is 35.5. The van der Waals surface area contributed by atoms with Crippen LogP contribution in [0.5, 0.6) is 11.6 Å². The molecule has 1 aromatic heterocycles. The Morgan fingerprint density at radius 1 is 1.06 bits per heavy atom. The molecule has 0 spiro atoms. The molecule has 2 rings (SSSR count). The number of aryl methyl sites for hydroxylation is 1. The van der Waals surface area contributed by atoms with Crippen LogP contribution in [0, 0.1) is 6.92 Å². The van der Waals surface area contributed by atoms with Crippen molar-refractivity contribution < 1.29 is 9.47 Å². The quantitative estimate of drug-likeness (QED) is 0.854. The van der Waals surface area contributed by atoms with Gasteiger partial charge >= 0.3 is 0 Å². The van der Waals surface area contributed by atoms with Gasteiger partial charge in [-0.1, -0.05) is 11.6 Å². The predicted octanol–water partition coefficient (Wildman–Crippen LogP) is 3.12. The van der Waals surface area contributed by atoms with Crippen LogP contribution < -0.4 is 9.47 Å². The zero-order valence-corrected chi connectivity index (χ0v) is 11.2. The zero-order valence-electron chi connectivity index (χ0n) is 10.4. The molecule has 0 aliphatic rings. The van der Waals surface area contributed by atoms with E-state index >= 15 is 0 Å². The normalized spacial score (nSPS) is 10.2. The number of nitrogens with zero attached hydrogens (tertiary/aromatic N) is 2. The van der Waals surface area contributed by atoms with Gasteiger partial charge in [0.2, 0.25) is 5.88 Å². The lowest BCUT2D eigenvalue weighted by molar-refractivity contribution is 0.396. The Hall–Kier alpha value is -1.81. The lowest BCUT2D eigenvalue weighted by Gasteiger charge is -2.09. The average Bonchev–Trinajstić information content (AvgIpc) is 2.37. The van der Waals surface area contributed by atoms with Crippen molar-refractivity contribution in [3.05, 3.63) is 35.0 Å². The lowest BCUT2D eigenvalue weighted by Crippen LogP contribution is -1.97. The van der Waals surface area contributed by atoms with Crippen LogP contribution in [-0.2, 0) is 0 Å². The van der Waals surface area contributed by atoms with Gasteiger partial charge in [-0.15, -0.1) is 0 Å². The topological polar surface area (TPSA) is 44.2 Å². The summed E-state index contributed by atoms with van der Waals surface area (Å²) in [5.74, 6) is 1.71. The van der Waals surface area contributed by atoms with E-state index < -0.39 is 0 Å². The Labute approximate surface area is 111 Å². The van der Waals surface area contributed by atoms with E-state index in [9.17, 15) is 0 Å². The molecular weight excluding hydrogens is 252 g/mol. The molecule has 0 bridgehead atoms. The fraction of sp³-hybridized carbons (Fsp3) is 0.231. The second-order valence-electron chi connectivity index (χ2n) is 3.72. The molecule has 0 saturated heterocycles. The van der Waals surface area contributed by atoms with Crippen molar-refractivity contribution in [2.24, 2.45) is 0 Å². The fourth-order valence-corrected chi connectivity index (χ4v) is 1.78. The van der Waals surface area contributed by atoms with Gasteiger partial charge < -0.3 is 9.47 Å². The summed E-state index contributed by atoms with van der Waals surface area (Å²) >= 11 is 5.93. The van der Waals surface area contributed by atoms with Crippen molar-refractivity contribution in [2.45, 2.75) is 6.92 Å². The molecule has 1 aromatic carbocycles. The van der Waals surface area contributed by atoms with Crippen molar-refractivity contribution in [1.29, 1.82) is 0 Å². The fourth-order valence-electron chi connectivity index (χ4n) is 1.61. The monoisotopic (exact) mass is 264 g/mol. The van der Waals surface area contributed by atoms with Gasteiger partial charge in [-0.3, -0.25) is 0 Å². The molecule has 94 valence electrons. The minimum absolute atomic E-state index is 0.523. The number of methoxy groups -OCH3 is 2. The molecular formula is C13H13ClN2O2. The molecule has 0 atom stereocenters. The summed E-state index contributed by atoms with van der Waals surface area (Å²) in [6.45, 7) is 1.89. The summed E-state index contributed by atoms with van der Waals surface area (Å²) in [5, 5.41) is 0.607. The van der Waals surface area contributed by atoms with E-state index in [1.54, 1.807) is 32.4 Å². The molecule has 0 unspecified atom stereocenters. The summed E-state index contributed by atoms with van der Waals surface area (Å²) in [6, 6.07) is 7.11. The maximum absolute atomic E-state index is 5.93. The molecule has 4 nitrogen and oxygen atoms in total. The van der Waals surface area contributed by atoms with Crippen molar-refractivity contribution in [1.82, 2.24) is 9.97 Å². The maximum atomic E-state index is 5.93. The number of hydrogen-bond donors (Lipinski definition) is 0. The van der Waals surface area contributed by atoms with Crippen LogP contribution in [0.3, 0.4) is 0 Å². The highest BCUT2D eigenvalue weighted by molar-refractivity contribution is 6.30. The van der Waals surface area contributed by atoms with Crippen molar-refractivity contribution in [2.75, 3.05) is 14.2 Å². The highest BCUT2D eigenvalue weighted by Crippen LogP contribution is 2.31. The van der Waals surface area contributed by atoms with E-state index in [0.717, 1.165) is 11.3 Å². The summed E-state index contributed by atoms with van der Waals surface area (Å²) in [6.07, 6.45) is 0. The van der Waals surface area contributed by atoms with Crippen LogP contribution >= 0.6 is 11.6 Å². The Balaban J connectivity index is 2.57. The molecule has 0 aliphatic carbocycles. The Bertz CT molecular complexity index is 573. The molecule has 18 heavy (non-hydrogen) atoms. The molecule has 2 aromatic rings. The molecule has 5 heteroatoms. The van der Waals surface area contributed by atoms with E-state index in [1.165, 1.54) is 0 Å². The van der Waals surface area contributed by atoms with E-state index in [2.05, 4.69) is 9.97 Å². The van der Waals surface area contributed by atoms with Gasteiger partial charge in [0.1, 0.15) is 5.75 Å². The van der Waals surface area contributed by atoms with Crippen LogP contribution in [0.15, 0.2) is 24.3 Å². The molecule has 0 aliphatic heterocycles. The lowest BCUT2D eigenvalue weighted by atomic mass is 10.2. The number of hydrogen-bond acceptors (Lipinski definition) is 4. The first kappa shape index (κ1) is 12.6. The van der Waals surface area contributed by atoms with E-state index in [0.29, 0.717) is 22.5 Å². The predicted molar refractivity (Wildman–Crippen MR) is 70.3 cm³/mol. The van der Waals surface area contributed by atoms with Gasteiger partial charge in [0.25, 0.3) is 0 Å². The van der Waals surface area contributed by atoms with Gasteiger partial charge in [0.15, 0.2) is 5.82 Å². The number of rotatable bonds is 3. The number of benzene rings is 1. The van der Waals surface area contributed by atoms with Crippen LogP contribution in [0.4, 0.5) is 0 Å². The van der Waals surface area contributed by atoms with Crippen molar-refractivity contribution in [3.63, 3.8) is 0 Å². The van der Waals surface area contributed by atoms with Gasteiger partial charge in [0.05, 0.1) is 19.8 Å². The second-order valence-corrected chi connectivity index (χ2v) is 4.16. The van der Waals surface area contributed by atoms with Crippen molar-refractivity contribution in [3.8, 4) is 23.0 Å². The van der Waals surface area contributed by atoms with Crippen LogP contribution in [0.25, 0.3) is 11.4 Å². The van der Waals surface area contributed by atoms with Gasteiger partial charge in [-0.25, -0.2) is 4.98 Å². The third kappa shape index (κ3) is 2.54. The number of halogens is 1. The van der Waals surface area contributed by atoms with E-state index in [4.69, 9.17) is 21.1 Å². The number of aromatic nitrogens is 2. The number of ether oxygens (including phenoxy) is 2. The summed E-state index contributed by atoms with van der Waals surface area (Å²) in [7, 11) is 3.16. The minimum Gasteiger partial charge on any atom is -0.496 e. The van der Waals surface area contributed by atoms with Gasteiger partial charge in [-0.2, -0.15) is 4.98 Å². The minimum atomic E-state index is 0.523. The van der Waals surface area contributed by atoms with Crippen molar-refractivity contribution >= 4 is 11.6 Å². The van der Waals surface area contributed by atoms with Crippen LogP contribution in [-0.4, -0.2) is 24.2 Å². The summed E-state index contributed by atoms with van der Waals surface area (Å²) < 4.78 is 10.4. The zero-order chi connectivity index (χ0) is 13.1. The first-order chi connectivity index (χ1) is 8.63. The summed E-state index contributed by atoms with van der Waals surface area (Å²) in [5.41, 5.74) is 1.61. The first-order valence-corrected chi connectivity index (χ1v) is 5.75. The maximum Gasteiger partial charge on any atom is 0.216 e. The van der Waals surface area contributed by atoms with Crippen LogP contribution in [0.2, 0.25) is 5.02 Å². The Morgan fingerprint density at radius 3 is 2.50 bits per heavy atom. The standard InChI is InChI=1S/C13H13ClN2O2/c1-8-6-12(18-3)16-13(15-8)10-5-4-9(14)7-11(10)17-2/h4-7H,1-3H3. The SMILES string of the molecule is COc1cc(C)nc(-c2ccc(Cl)cc2OC)n1. The molecule has 1 heterocycles. The molecule has 0 amide bonds. The molecule has 0 fully saturated rings. The summed E-state index contributed by atoms with van der Waals surface area (Å²) in [4.78, 5) is 8.68. The van der Waals surface area contributed by atoms with E-state index in [1.807, 2.05) is 13.0 Å². The van der Waals surface area contributed by atoms with Gasteiger partial charge in [0, 0.05) is 16.8 Å². The molecule has 0 radical (unpaired) electrons. The van der Waals surface area contributed by atoms with Crippen LogP contribution in [0.1, 0.15) is 5.69 Å².